The van der Waals surface area contributed by atoms with Gasteiger partial charge in [-0.3, -0.25) is 9.59 Å². The third-order valence-electron chi connectivity index (χ3n) is 4.46. The number of nitrogens with zero attached hydrogens (tertiary/aromatic N) is 1. The van der Waals surface area contributed by atoms with Crippen LogP contribution in [0.25, 0.3) is 0 Å². The molecule has 2 rings (SSSR count). The van der Waals surface area contributed by atoms with Gasteiger partial charge in [-0.25, -0.2) is 0 Å². The zero-order chi connectivity index (χ0) is 16.3. The molecule has 120 valence electrons. The van der Waals surface area contributed by atoms with Gasteiger partial charge in [0.1, 0.15) is 5.41 Å². The smallest absolute Gasteiger partial charge is 0.242 e. The molecule has 0 saturated heterocycles. The quantitative estimate of drug-likeness (QED) is 0.821. The summed E-state index contributed by atoms with van der Waals surface area (Å²) in [7, 11) is 0. The maximum atomic E-state index is 12.9. The highest BCUT2D eigenvalue weighted by atomic mass is 16.2. The summed E-state index contributed by atoms with van der Waals surface area (Å²) in [4.78, 5) is 27.2. The Hall–Kier alpha value is -1.84. The number of hydrogen-bond acceptors (Lipinski definition) is 2. The van der Waals surface area contributed by atoms with Gasteiger partial charge in [0, 0.05) is 18.3 Å². The summed E-state index contributed by atoms with van der Waals surface area (Å²) < 4.78 is 0. The van der Waals surface area contributed by atoms with Crippen LogP contribution in [0.5, 0.6) is 0 Å². The molecule has 0 aromatic heterocycles. The lowest BCUT2D eigenvalue weighted by atomic mass is 10.0. The van der Waals surface area contributed by atoms with Crippen molar-refractivity contribution >= 4 is 17.5 Å². The van der Waals surface area contributed by atoms with Crippen LogP contribution in [0.4, 0.5) is 5.69 Å². The van der Waals surface area contributed by atoms with Crippen molar-refractivity contribution in [2.75, 3.05) is 11.4 Å². The highest BCUT2D eigenvalue weighted by molar-refractivity contribution is 6.14. The van der Waals surface area contributed by atoms with Gasteiger partial charge in [-0.1, -0.05) is 19.1 Å². The molecule has 0 aliphatic heterocycles. The molecule has 0 bridgehead atoms. The van der Waals surface area contributed by atoms with Crippen molar-refractivity contribution in [1.29, 1.82) is 0 Å². The molecule has 1 aromatic rings. The molecule has 1 aliphatic carbocycles. The summed E-state index contributed by atoms with van der Waals surface area (Å²) >= 11 is 0. The number of amides is 2. The van der Waals surface area contributed by atoms with E-state index in [4.69, 9.17) is 0 Å². The first kappa shape index (κ1) is 16.5. The van der Waals surface area contributed by atoms with Crippen LogP contribution in [0.3, 0.4) is 0 Å². The molecule has 0 spiro atoms. The first-order valence-corrected chi connectivity index (χ1v) is 8.14. The molecule has 1 saturated carbocycles. The highest BCUT2D eigenvalue weighted by Crippen LogP contribution is 2.48. The van der Waals surface area contributed by atoms with Gasteiger partial charge < -0.3 is 10.2 Å². The van der Waals surface area contributed by atoms with Gasteiger partial charge in [-0.15, -0.1) is 0 Å². The summed E-state index contributed by atoms with van der Waals surface area (Å²) in [6.45, 7) is 8.52. The second-order valence-electron chi connectivity index (χ2n) is 6.25. The molecule has 1 fully saturated rings. The van der Waals surface area contributed by atoms with E-state index in [1.54, 1.807) is 4.90 Å². The van der Waals surface area contributed by atoms with E-state index < -0.39 is 5.41 Å². The maximum Gasteiger partial charge on any atom is 0.242 e. The van der Waals surface area contributed by atoms with E-state index >= 15 is 0 Å². The van der Waals surface area contributed by atoms with Crippen molar-refractivity contribution in [2.24, 2.45) is 5.41 Å². The summed E-state index contributed by atoms with van der Waals surface area (Å²) in [5, 5.41) is 2.97. The van der Waals surface area contributed by atoms with Crippen LogP contribution in [-0.2, 0) is 9.59 Å². The number of carbonyl (C=O) groups excluding carboxylic acids is 2. The molecule has 1 aliphatic rings. The Morgan fingerprint density at radius 1 is 1.32 bits per heavy atom. The van der Waals surface area contributed by atoms with Crippen molar-refractivity contribution in [1.82, 2.24) is 5.32 Å². The lowest BCUT2D eigenvalue weighted by Gasteiger charge is -2.27. The van der Waals surface area contributed by atoms with Crippen LogP contribution in [0, 0.1) is 12.3 Å². The largest absolute Gasteiger partial charge is 0.353 e. The van der Waals surface area contributed by atoms with E-state index in [0.717, 1.165) is 17.7 Å². The SMILES string of the molecule is CCC(C)NC(=O)C1(C(=O)N(CC)c2cccc(C)c2)CC1. The van der Waals surface area contributed by atoms with E-state index in [-0.39, 0.29) is 17.9 Å². The molecule has 22 heavy (non-hydrogen) atoms. The number of aryl methyl sites for hydroxylation is 1. The van der Waals surface area contributed by atoms with Gasteiger partial charge in [0.05, 0.1) is 0 Å². The summed E-state index contributed by atoms with van der Waals surface area (Å²) in [6.07, 6.45) is 2.16. The number of nitrogens with one attached hydrogen (secondary N) is 1. The maximum absolute atomic E-state index is 12.9. The minimum Gasteiger partial charge on any atom is -0.353 e. The van der Waals surface area contributed by atoms with Gasteiger partial charge in [0.15, 0.2) is 0 Å². The molecule has 0 heterocycles. The molecule has 1 atom stereocenters. The Bertz CT molecular complexity index is 564. The van der Waals surface area contributed by atoms with Crippen molar-refractivity contribution in [3.05, 3.63) is 29.8 Å². The topological polar surface area (TPSA) is 49.4 Å². The van der Waals surface area contributed by atoms with Crippen LogP contribution in [-0.4, -0.2) is 24.4 Å². The first-order chi connectivity index (χ1) is 10.4. The fourth-order valence-electron chi connectivity index (χ4n) is 2.62. The van der Waals surface area contributed by atoms with Gasteiger partial charge >= 0.3 is 0 Å². The highest BCUT2D eigenvalue weighted by Gasteiger charge is 2.58. The zero-order valence-corrected chi connectivity index (χ0v) is 14.0. The van der Waals surface area contributed by atoms with E-state index in [9.17, 15) is 9.59 Å². The lowest BCUT2D eigenvalue weighted by Crippen LogP contribution is -2.47. The Kier molecular flexibility index (Phi) is 4.89. The number of anilines is 1. The second-order valence-corrected chi connectivity index (χ2v) is 6.25. The van der Waals surface area contributed by atoms with Crippen LogP contribution in [0.2, 0.25) is 0 Å². The third-order valence-corrected chi connectivity index (χ3v) is 4.46. The molecule has 1 aromatic carbocycles. The van der Waals surface area contributed by atoms with Gasteiger partial charge in [0.25, 0.3) is 0 Å². The third kappa shape index (κ3) is 3.16. The predicted octanol–water partition coefficient (Wildman–Crippen LogP) is 3.04. The van der Waals surface area contributed by atoms with E-state index in [2.05, 4.69) is 5.32 Å². The van der Waals surface area contributed by atoms with Crippen LogP contribution in [0.15, 0.2) is 24.3 Å². The molecular weight excluding hydrogens is 276 g/mol. The fourth-order valence-corrected chi connectivity index (χ4v) is 2.62. The Morgan fingerprint density at radius 2 is 2.00 bits per heavy atom. The molecule has 1 unspecified atom stereocenters. The molecule has 4 nitrogen and oxygen atoms in total. The number of rotatable bonds is 6. The van der Waals surface area contributed by atoms with Crippen LogP contribution in [0.1, 0.15) is 45.6 Å². The average Bonchev–Trinajstić information content (AvgIpc) is 3.29. The number of carbonyl (C=O) groups is 2. The van der Waals surface area contributed by atoms with E-state index in [1.807, 2.05) is 52.0 Å². The summed E-state index contributed by atoms with van der Waals surface area (Å²) in [6, 6.07) is 7.97. The fraction of sp³-hybridized carbons (Fsp3) is 0.556. The van der Waals surface area contributed by atoms with E-state index in [1.165, 1.54) is 0 Å². The van der Waals surface area contributed by atoms with Crippen molar-refractivity contribution < 1.29 is 9.59 Å². The molecule has 0 radical (unpaired) electrons. The number of hydrogen-bond donors (Lipinski definition) is 1. The van der Waals surface area contributed by atoms with Gasteiger partial charge in [-0.05, 0) is 57.7 Å². The summed E-state index contributed by atoms with van der Waals surface area (Å²) in [5.41, 5.74) is 1.14. The Balaban J connectivity index is 2.19. The standard InChI is InChI=1S/C18H26N2O2/c1-5-14(4)19-16(21)18(10-11-18)17(22)20(6-2)15-9-7-8-13(3)12-15/h7-9,12,14H,5-6,10-11H2,1-4H3,(H,19,21). The van der Waals surface area contributed by atoms with Gasteiger partial charge in [-0.2, -0.15) is 0 Å². The molecule has 1 N–H and O–H groups in total. The molecule has 2 amide bonds. The number of benzene rings is 1. The van der Waals surface area contributed by atoms with Crippen LogP contribution < -0.4 is 10.2 Å². The van der Waals surface area contributed by atoms with Crippen molar-refractivity contribution in [3.63, 3.8) is 0 Å². The van der Waals surface area contributed by atoms with Crippen LogP contribution >= 0.6 is 0 Å². The van der Waals surface area contributed by atoms with Crippen molar-refractivity contribution in [2.45, 2.75) is 53.0 Å². The average molecular weight is 302 g/mol. The minimum absolute atomic E-state index is 0.0681. The predicted molar refractivity (Wildman–Crippen MR) is 88.8 cm³/mol. The lowest BCUT2D eigenvalue weighted by molar-refractivity contribution is -0.136. The zero-order valence-electron chi connectivity index (χ0n) is 14.0. The van der Waals surface area contributed by atoms with E-state index in [0.29, 0.717) is 19.4 Å². The Morgan fingerprint density at radius 3 is 2.50 bits per heavy atom. The minimum atomic E-state index is -0.844. The first-order valence-electron chi connectivity index (χ1n) is 8.14. The Labute approximate surface area is 132 Å². The summed E-state index contributed by atoms with van der Waals surface area (Å²) in [5.74, 6) is -0.181. The second kappa shape index (κ2) is 6.51. The molecular formula is C18H26N2O2. The van der Waals surface area contributed by atoms with Crippen molar-refractivity contribution in [3.8, 4) is 0 Å². The molecule has 4 heteroatoms. The monoisotopic (exact) mass is 302 g/mol. The van der Waals surface area contributed by atoms with Gasteiger partial charge in [0.2, 0.25) is 11.8 Å². The normalized spacial score (nSPS) is 16.7.